The monoisotopic (exact) mass is 333 g/mol. The Kier molecular flexibility index (Phi) is 3.99. The summed E-state index contributed by atoms with van der Waals surface area (Å²) in [7, 11) is 0. The number of hydrogen-bond acceptors (Lipinski definition) is 6. The van der Waals surface area contributed by atoms with Crippen molar-refractivity contribution >= 4 is 33.9 Å². The normalized spacial score (nSPS) is 16.8. The SMILES string of the molecule is CC(=O)Nc1nc2c(s1)C(=O)C(C(=O)c1cncc(F)c1)CC2. The Balaban J connectivity index is 1.87. The summed E-state index contributed by atoms with van der Waals surface area (Å²) in [4.78, 5) is 44.3. The van der Waals surface area contributed by atoms with Crippen LogP contribution >= 0.6 is 11.3 Å². The van der Waals surface area contributed by atoms with Gasteiger partial charge in [-0.25, -0.2) is 9.37 Å². The molecule has 6 nitrogen and oxygen atoms in total. The Labute approximate surface area is 134 Å². The number of anilines is 1. The Hall–Kier alpha value is -2.48. The number of aromatic nitrogens is 2. The van der Waals surface area contributed by atoms with Crippen molar-refractivity contribution in [3.8, 4) is 0 Å². The van der Waals surface area contributed by atoms with Gasteiger partial charge in [-0.3, -0.25) is 19.4 Å². The Morgan fingerprint density at radius 3 is 2.87 bits per heavy atom. The number of nitrogens with zero attached hydrogens (tertiary/aromatic N) is 2. The lowest BCUT2D eigenvalue weighted by molar-refractivity contribution is -0.114. The molecule has 1 aliphatic rings. The van der Waals surface area contributed by atoms with Gasteiger partial charge in [-0.2, -0.15) is 0 Å². The lowest BCUT2D eigenvalue weighted by atomic mass is 9.84. The van der Waals surface area contributed by atoms with Crippen LogP contribution in [0.4, 0.5) is 9.52 Å². The summed E-state index contributed by atoms with van der Waals surface area (Å²) in [5.74, 6) is -2.54. The molecule has 1 aliphatic carbocycles. The molecule has 0 saturated heterocycles. The van der Waals surface area contributed by atoms with Gasteiger partial charge in [0.1, 0.15) is 5.82 Å². The van der Waals surface area contributed by atoms with Gasteiger partial charge >= 0.3 is 0 Å². The zero-order chi connectivity index (χ0) is 16.6. The topological polar surface area (TPSA) is 89.0 Å². The maximum atomic E-state index is 13.2. The quantitative estimate of drug-likeness (QED) is 0.687. The zero-order valence-electron chi connectivity index (χ0n) is 12.1. The van der Waals surface area contributed by atoms with E-state index in [-0.39, 0.29) is 17.3 Å². The van der Waals surface area contributed by atoms with E-state index in [1.54, 1.807) is 0 Å². The van der Waals surface area contributed by atoms with Crippen LogP contribution in [0.3, 0.4) is 0 Å². The van der Waals surface area contributed by atoms with Crippen LogP contribution in [0.1, 0.15) is 39.1 Å². The average molecular weight is 333 g/mol. The zero-order valence-corrected chi connectivity index (χ0v) is 12.9. The van der Waals surface area contributed by atoms with Gasteiger partial charge in [-0.15, -0.1) is 0 Å². The maximum Gasteiger partial charge on any atom is 0.223 e. The number of Topliss-reactive ketones (excluding diaryl/α,β-unsaturated/α-hetero) is 2. The fraction of sp³-hybridized carbons (Fsp3) is 0.267. The van der Waals surface area contributed by atoms with Gasteiger partial charge in [0.25, 0.3) is 0 Å². The first-order valence-corrected chi connectivity index (χ1v) is 7.73. The van der Waals surface area contributed by atoms with Crippen molar-refractivity contribution in [3.63, 3.8) is 0 Å². The minimum Gasteiger partial charge on any atom is -0.302 e. The van der Waals surface area contributed by atoms with Crippen molar-refractivity contribution < 1.29 is 18.8 Å². The van der Waals surface area contributed by atoms with E-state index in [0.717, 1.165) is 23.6 Å². The van der Waals surface area contributed by atoms with E-state index in [2.05, 4.69) is 15.3 Å². The van der Waals surface area contributed by atoms with Gasteiger partial charge in [0.05, 0.1) is 22.7 Å². The maximum absolute atomic E-state index is 13.2. The van der Waals surface area contributed by atoms with Crippen LogP contribution in [0.5, 0.6) is 0 Å². The molecule has 0 bridgehead atoms. The molecule has 2 aromatic rings. The van der Waals surface area contributed by atoms with Gasteiger partial charge in [0, 0.05) is 18.7 Å². The number of aryl methyl sites for hydroxylation is 1. The minimum atomic E-state index is -0.864. The number of rotatable bonds is 3. The number of thiazole rings is 1. The van der Waals surface area contributed by atoms with Crippen LogP contribution in [0.2, 0.25) is 0 Å². The Bertz CT molecular complexity index is 818. The molecule has 0 saturated carbocycles. The predicted octanol–water partition coefficient (Wildman–Crippen LogP) is 2.26. The van der Waals surface area contributed by atoms with Gasteiger partial charge in [-0.05, 0) is 18.9 Å². The van der Waals surface area contributed by atoms with Gasteiger partial charge in [0.15, 0.2) is 16.7 Å². The summed E-state index contributed by atoms with van der Waals surface area (Å²) in [5.41, 5.74) is 0.670. The van der Waals surface area contributed by atoms with E-state index in [0.29, 0.717) is 28.5 Å². The van der Waals surface area contributed by atoms with E-state index in [1.807, 2.05) is 0 Å². The van der Waals surface area contributed by atoms with Crippen LogP contribution in [0, 0.1) is 11.7 Å². The molecule has 3 rings (SSSR count). The van der Waals surface area contributed by atoms with Crippen LogP contribution in [-0.2, 0) is 11.2 Å². The highest BCUT2D eigenvalue weighted by atomic mass is 32.1. The molecule has 0 spiro atoms. The molecule has 0 aromatic carbocycles. The molecule has 23 heavy (non-hydrogen) atoms. The molecular formula is C15H12FN3O3S. The van der Waals surface area contributed by atoms with Crippen molar-refractivity contribution in [2.24, 2.45) is 5.92 Å². The molecule has 0 radical (unpaired) electrons. The third kappa shape index (κ3) is 3.02. The number of halogens is 1. The summed E-state index contributed by atoms with van der Waals surface area (Å²) in [6.45, 7) is 1.35. The fourth-order valence-corrected chi connectivity index (χ4v) is 3.54. The highest BCUT2D eigenvalue weighted by molar-refractivity contribution is 7.17. The highest BCUT2D eigenvalue weighted by Crippen LogP contribution is 2.33. The second kappa shape index (κ2) is 5.96. The lowest BCUT2D eigenvalue weighted by Gasteiger charge is -2.18. The molecule has 1 amide bonds. The molecule has 0 fully saturated rings. The van der Waals surface area contributed by atoms with Crippen molar-refractivity contribution in [2.75, 3.05) is 5.32 Å². The lowest BCUT2D eigenvalue weighted by Crippen LogP contribution is -2.29. The molecule has 2 heterocycles. The second-order valence-electron chi connectivity index (χ2n) is 5.19. The van der Waals surface area contributed by atoms with E-state index in [1.165, 1.54) is 13.1 Å². The first-order chi connectivity index (χ1) is 11.0. The van der Waals surface area contributed by atoms with E-state index in [4.69, 9.17) is 0 Å². The standard InChI is InChI=1S/C15H12FN3O3S/c1-7(20)18-15-19-11-3-2-10(13(22)14(11)23-15)12(21)8-4-9(16)6-17-5-8/h4-6,10H,2-3H2,1H3,(H,18,19,20). The van der Waals surface area contributed by atoms with Gasteiger partial charge < -0.3 is 5.32 Å². The summed E-state index contributed by atoms with van der Waals surface area (Å²) in [6, 6.07) is 1.08. The van der Waals surface area contributed by atoms with E-state index in [9.17, 15) is 18.8 Å². The van der Waals surface area contributed by atoms with Crippen LogP contribution in [0.25, 0.3) is 0 Å². The molecule has 1 atom stereocenters. The second-order valence-corrected chi connectivity index (χ2v) is 6.19. The number of nitrogens with one attached hydrogen (secondary N) is 1. The summed E-state index contributed by atoms with van der Waals surface area (Å²) < 4.78 is 13.2. The van der Waals surface area contributed by atoms with Crippen LogP contribution in [0.15, 0.2) is 18.5 Å². The number of ketones is 2. The molecular weight excluding hydrogens is 321 g/mol. The number of amides is 1. The number of hydrogen-bond donors (Lipinski definition) is 1. The number of carbonyl (C=O) groups excluding carboxylic acids is 3. The smallest absolute Gasteiger partial charge is 0.223 e. The average Bonchev–Trinajstić information content (AvgIpc) is 2.89. The Morgan fingerprint density at radius 2 is 2.17 bits per heavy atom. The number of fused-ring (bicyclic) bond motifs is 1. The molecule has 2 aromatic heterocycles. The third-order valence-electron chi connectivity index (χ3n) is 3.50. The largest absolute Gasteiger partial charge is 0.302 e. The first-order valence-electron chi connectivity index (χ1n) is 6.92. The predicted molar refractivity (Wildman–Crippen MR) is 81.1 cm³/mol. The van der Waals surface area contributed by atoms with Crippen LogP contribution in [-0.4, -0.2) is 27.4 Å². The van der Waals surface area contributed by atoms with Gasteiger partial charge in [0.2, 0.25) is 5.91 Å². The molecule has 1 N–H and O–H groups in total. The van der Waals surface area contributed by atoms with Crippen molar-refractivity contribution in [2.45, 2.75) is 19.8 Å². The molecule has 0 aliphatic heterocycles. The highest BCUT2D eigenvalue weighted by Gasteiger charge is 2.36. The summed E-state index contributed by atoms with van der Waals surface area (Å²) >= 11 is 1.06. The first kappa shape index (κ1) is 15.4. The van der Waals surface area contributed by atoms with Crippen molar-refractivity contribution in [3.05, 3.63) is 40.4 Å². The van der Waals surface area contributed by atoms with Crippen LogP contribution < -0.4 is 5.32 Å². The molecule has 8 heteroatoms. The van der Waals surface area contributed by atoms with E-state index >= 15 is 0 Å². The Morgan fingerprint density at radius 1 is 1.39 bits per heavy atom. The summed E-state index contributed by atoms with van der Waals surface area (Å²) in [5, 5.41) is 2.88. The molecule has 118 valence electrons. The number of carbonyl (C=O) groups is 3. The van der Waals surface area contributed by atoms with Crippen molar-refractivity contribution in [1.29, 1.82) is 0 Å². The van der Waals surface area contributed by atoms with Crippen molar-refractivity contribution in [1.82, 2.24) is 9.97 Å². The van der Waals surface area contributed by atoms with E-state index < -0.39 is 17.5 Å². The molecule has 1 unspecified atom stereocenters. The minimum absolute atomic E-state index is 0.0819. The third-order valence-corrected chi connectivity index (χ3v) is 4.52. The number of pyridine rings is 1. The van der Waals surface area contributed by atoms with Gasteiger partial charge in [-0.1, -0.05) is 11.3 Å². The summed E-state index contributed by atoms with van der Waals surface area (Å²) in [6.07, 6.45) is 3.02. The fourth-order valence-electron chi connectivity index (χ4n) is 2.49.